The third-order valence-electron chi connectivity index (χ3n) is 3.24. The van der Waals surface area contributed by atoms with Crippen molar-refractivity contribution in [2.24, 2.45) is 5.92 Å². The summed E-state index contributed by atoms with van der Waals surface area (Å²) in [6.07, 6.45) is 12.3. The Morgan fingerprint density at radius 3 is 2.46 bits per heavy atom. The van der Waals surface area contributed by atoms with E-state index in [1.807, 2.05) is 0 Å². The average Bonchev–Trinajstić information content (AvgIpc) is 2.19. The Morgan fingerprint density at radius 1 is 1.15 bits per heavy atom. The van der Waals surface area contributed by atoms with Gasteiger partial charge in [-0.3, -0.25) is 0 Å². The zero-order valence-corrected chi connectivity index (χ0v) is 9.65. The number of hydrogen-bond donors (Lipinski definition) is 0. The van der Waals surface area contributed by atoms with Gasteiger partial charge in [0.05, 0.1) is 0 Å². The molecule has 1 heteroatoms. The fraction of sp³-hybridized carbons (Fsp3) is 1.00. The molecule has 0 heterocycles. The summed E-state index contributed by atoms with van der Waals surface area (Å²) in [6, 6.07) is 0. The van der Waals surface area contributed by atoms with E-state index in [4.69, 9.17) is 11.6 Å². The molecule has 1 saturated carbocycles. The maximum absolute atomic E-state index is 6.40. The van der Waals surface area contributed by atoms with Crippen LogP contribution in [0.4, 0.5) is 0 Å². The minimum absolute atomic E-state index is 0.479. The van der Waals surface area contributed by atoms with Crippen molar-refractivity contribution in [2.45, 2.75) is 70.1 Å². The highest BCUT2D eigenvalue weighted by Gasteiger charge is 2.20. The largest absolute Gasteiger partial charge is 0.123 e. The quantitative estimate of drug-likeness (QED) is 0.446. The van der Waals surface area contributed by atoms with Crippen LogP contribution >= 0.6 is 11.6 Å². The van der Waals surface area contributed by atoms with Gasteiger partial charge in [0.15, 0.2) is 0 Å². The van der Waals surface area contributed by atoms with Crippen molar-refractivity contribution in [1.29, 1.82) is 0 Å². The summed E-state index contributed by atoms with van der Waals surface area (Å²) in [5.74, 6) is 0.840. The molecule has 1 aliphatic rings. The number of rotatable bonds is 5. The maximum atomic E-state index is 6.40. The standard InChI is InChI=1S/C12H23Cl/c1-2-3-5-10-12(13)11-8-6-4-7-9-11/h11-12H,2-10H2,1H3. The number of unbranched alkanes of at least 4 members (excludes halogenated alkanes) is 2. The van der Waals surface area contributed by atoms with Gasteiger partial charge in [0.1, 0.15) is 0 Å². The summed E-state index contributed by atoms with van der Waals surface area (Å²) < 4.78 is 0. The van der Waals surface area contributed by atoms with E-state index in [0.29, 0.717) is 5.38 Å². The maximum Gasteiger partial charge on any atom is 0.0364 e. The van der Waals surface area contributed by atoms with E-state index in [9.17, 15) is 0 Å². The third-order valence-corrected chi connectivity index (χ3v) is 3.82. The van der Waals surface area contributed by atoms with Crippen molar-refractivity contribution in [3.8, 4) is 0 Å². The zero-order chi connectivity index (χ0) is 9.52. The lowest BCUT2D eigenvalue weighted by atomic mass is 9.85. The normalized spacial score (nSPS) is 21.7. The highest BCUT2D eigenvalue weighted by molar-refractivity contribution is 6.20. The second kappa shape index (κ2) is 6.70. The molecule has 0 radical (unpaired) electrons. The molecule has 13 heavy (non-hydrogen) atoms. The molecular weight excluding hydrogens is 180 g/mol. The second-order valence-corrected chi connectivity index (χ2v) is 4.97. The topological polar surface area (TPSA) is 0 Å². The van der Waals surface area contributed by atoms with Gasteiger partial charge in [-0.1, -0.05) is 45.4 Å². The summed E-state index contributed by atoms with van der Waals surface area (Å²) in [7, 11) is 0. The van der Waals surface area contributed by atoms with Crippen LogP contribution in [0.2, 0.25) is 0 Å². The van der Waals surface area contributed by atoms with Crippen LogP contribution in [0.1, 0.15) is 64.7 Å². The molecule has 1 fully saturated rings. The van der Waals surface area contributed by atoms with E-state index in [0.717, 1.165) is 5.92 Å². The molecule has 0 aromatic carbocycles. The Kier molecular flexibility index (Phi) is 5.86. The molecule has 0 bridgehead atoms. The molecule has 0 spiro atoms. The van der Waals surface area contributed by atoms with Gasteiger partial charge in [-0.25, -0.2) is 0 Å². The van der Waals surface area contributed by atoms with Crippen LogP contribution in [0.5, 0.6) is 0 Å². The van der Waals surface area contributed by atoms with Gasteiger partial charge in [-0.2, -0.15) is 0 Å². The van der Waals surface area contributed by atoms with Gasteiger partial charge in [0, 0.05) is 5.38 Å². The summed E-state index contributed by atoms with van der Waals surface area (Å²) in [6.45, 7) is 2.25. The highest BCUT2D eigenvalue weighted by atomic mass is 35.5. The van der Waals surface area contributed by atoms with Gasteiger partial charge in [-0.05, 0) is 25.2 Å². The molecule has 0 N–H and O–H groups in total. The van der Waals surface area contributed by atoms with Crippen molar-refractivity contribution in [2.75, 3.05) is 0 Å². The van der Waals surface area contributed by atoms with Gasteiger partial charge >= 0.3 is 0 Å². The first-order valence-electron chi connectivity index (χ1n) is 5.98. The van der Waals surface area contributed by atoms with Crippen molar-refractivity contribution in [3.63, 3.8) is 0 Å². The predicted octanol–water partition coefficient (Wildman–Crippen LogP) is 4.75. The van der Waals surface area contributed by atoms with Crippen molar-refractivity contribution >= 4 is 11.6 Å². The fourth-order valence-electron chi connectivity index (χ4n) is 2.32. The lowest BCUT2D eigenvalue weighted by Gasteiger charge is -2.25. The number of alkyl halides is 1. The lowest BCUT2D eigenvalue weighted by Crippen LogP contribution is -2.17. The van der Waals surface area contributed by atoms with E-state index in [1.165, 1.54) is 57.8 Å². The van der Waals surface area contributed by atoms with Crippen molar-refractivity contribution in [1.82, 2.24) is 0 Å². The summed E-state index contributed by atoms with van der Waals surface area (Å²) in [5, 5.41) is 0.479. The van der Waals surface area contributed by atoms with Gasteiger partial charge in [-0.15, -0.1) is 11.6 Å². The van der Waals surface area contributed by atoms with E-state index in [2.05, 4.69) is 6.92 Å². The smallest absolute Gasteiger partial charge is 0.0364 e. The molecule has 0 aromatic rings. The van der Waals surface area contributed by atoms with Crippen LogP contribution in [0.3, 0.4) is 0 Å². The van der Waals surface area contributed by atoms with Crippen LogP contribution in [0.25, 0.3) is 0 Å². The number of hydrogen-bond acceptors (Lipinski definition) is 0. The molecule has 0 saturated heterocycles. The summed E-state index contributed by atoms with van der Waals surface area (Å²) >= 11 is 6.40. The Hall–Kier alpha value is 0.290. The Morgan fingerprint density at radius 2 is 1.85 bits per heavy atom. The van der Waals surface area contributed by atoms with E-state index >= 15 is 0 Å². The third kappa shape index (κ3) is 4.35. The molecule has 1 rings (SSSR count). The molecule has 78 valence electrons. The SMILES string of the molecule is CCCCCC(Cl)C1CCCCC1. The molecule has 0 aromatic heterocycles. The molecule has 1 aliphatic carbocycles. The van der Waals surface area contributed by atoms with Crippen molar-refractivity contribution in [3.05, 3.63) is 0 Å². The van der Waals surface area contributed by atoms with Gasteiger partial charge in [0.2, 0.25) is 0 Å². The summed E-state index contributed by atoms with van der Waals surface area (Å²) in [4.78, 5) is 0. The molecule has 0 amide bonds. The Bertz CT molecular complexity index is 116. The van der Waals surface area contributed by atoms with Gasteiger partial charge < -0.3 is 0 Å². The number of halogens is 1. The van der Waals surface area contributed by atoms with Crippen LogP contribution in [0, 0.1) is 5.92 Å². The first-order valence-corrected chi connectivity index (χ1v) is 6.42. The summed E-state index contributed by atoms with van der Waals surface area (Å²) in [5.41, 5.74) is 0. The van der Waals surface area contributed by atoms with E-state index < -0.39 is 0 Å². The first kappa shape index (κ1) is 11.4. The van der Waals surface area contributed by atoms with E-state index in [1.54, 1.807) is 0 Å². The van der Waals surface area contributed by atoms with Crippen LogP contribution in [-0.4, -0.2) is 5.38 Å². The zero-order valence-electron chi connectivity index (χ0n) is 8.90. The van der Waals surface area contributed by atoms with Gasteiger partial charge in [0.25, 0.3) is 0 Å². The molecule has 0 aliphatic heterocycles. The Balaban J connectivity index is 2.09. The lowest BCUT2D eigenvalue weighted by molar-refractivity contribution is 0.334. The van der Waals surface area contributed by atoms with Crippen LogP contribution in [-0.2, 0) is 0 Å². The predicted molar refractivity (Wildman–Crippen MR) is 60.4 cm³/mol. The molecule has 1 unspecified atom stereocenters. The molecule has 0 nitrogen and oxygen atoms in total. The monoisotopic (exact) mass is 202 g/mol. The molecule has 1 atom stereocenters. The highest BCUT2D eigenvalue weighted by Crippen LogP contribution is 2.31. The second-order valence-electron chi connectivity index (χ2n) is 4.41. The van der Waals surface area contributed by atoms with E-state index in [-0.39, 0.29) is 0 Å². The van der Waals surface area contributed by atoms with Crippen molar-refractivity contribution < 1.29 is 0 Å². The minimum Gasteiger partial charge on any atom is -0.123 e. The fourth-order valence-corrected chi connectivity index (χ4v) is 2.73. The Labute approximate surface area is 88.1 Å². The average molecular weight is 203 g/mol. The molecular formula is C12H23Cl. The van der Waals surface area contributed by atoms with Crippen LogP contribution in [0.15, 0.2) is 0 Å². The minimum atomic E-state index is 0.479. The first-order chi connectivity index (χ1) is 6.34. The van der Waals surface area contributed by atoms with Crippen LogP contribution < -0.4 is 0 Å².